The number of nitrogens with one attached hydrogen (secondary N) is 1. The van der Waals surface area contributed by atoms with Crippen LogP contribution in [0.15, 0.2) is 11.3 Å². The largest absolute Gasteiger partial charge is 0.370 e. The van der Waals surface area contributed by atoms with Gasteiger partial charge < -0.3 is 20.5 Å². The van der Waals surface area contributed by atoms with Gasteiger partial charge in [-0.1, -0.05) is 0 Å². The maximum atomic E-state index is 11.1. The minimum Gasteiger partial charge on any atom is -0.370 e. The number of nitrogens with two attached hydrogens (primary N) is 1. The van der Waals surface area contributed by atoms with E-state index in [2.05, 4.69) is 27.9 Å². The third-order valence-electron chi connectivity index (χ3n) is 3.21. The van der Waals surface area contributed by atoms with E-state index in [1.807, 2.05) is 0 Å². The van der Waals surface area contributed by atoms with Crippen LogP contribution in [0.5, 0.6) is 0 Å². The summed E-state index contributed by atoms with van der Waals surface area (Å²) < 4.78 is 12.9. The zero-order chi connectivity index (χ0) is 15.2. The van der Waals surface area contributed by atoms with Crippen LogP contribution in [0.2, 0.25) is 0 Å². The van der Waals surface area contributed by atoms with E-state index in [0.717, 1.165) is 12.8 Å². The minimum atomic E-state index is -0.216. The summed E-state index contributed by atoms with van der Waals surface area (Å²) in [7, 11) is 1.56. The van der Waals surface area contributed by atoms with Gasteiger partial charge >= 0.3 is 0 Å². The van der Waals surface area contributed by atoms with Gasteiger partial charge in [0.1, 0.15) is 17.7 Å². The number of hydrogen-bond acceptors (Lipinski definition) is 6. The minimum absolute atomic E-state index is 0.00858. The van der Waals surface area contributed by atoms with Crippen LogP contribution in [0.3, 0.4) is 0 Å². The topological polar surface area (TPSA) is 104 Å². The first-order valence-corrected chi connectivity index (χ1v) is 7.18. The average molecular weight is 313 g/mol. The molecule has 0 bridgehead atoms. The van der Waals surface area contributed by atoms with Crippen LogP contribution in [-0.2, 0) is 9.47 Å². The SMILES string of the molecule is CN=C(N)Nc1c(C=O)ncn1C1CCC(COCS)O1. The number of nitrogens with zero attached hydrogens (tertiary/aromatic N) is 3. The van der Waals surface area contributed by atoms with Crippen molar-refractivity contribution >= 4 is 30.7 Å². The highest BCUT2D eigenvalue weighted by Gasteiger charge is 2.29. The number of aromatic nitrogens is 2. The van der Waals surface area contributed by atoms with Crippen LogP contribution in [0, 0.1) is 0 Å². The Morgan fingerprint density at radius 2 is 2.57 bits per heavy atom. The lowest BCUT2D eigenvalue weighted by atomic mass is 10.2. The molecular formula is C12H19N5O3S. The number of imidazole rings is 1. The van der Waals surface area contributed by atoms with Crippen LogP contribution < -0.4 is 11.1 Å². The monoisotopic (exact) mass is 313 g/mol. The molecule has 0 aromatic carbocycles. The first-order valence-electron chi connectivity index (χ1n) is 6.55. The Morgan fingerprint density at radius 1 is 1.76 bits per heavy atom. The fourth-order valence-corrected chi connectivity index (χ4v) is 2.29. The highest BCUT2D eigenvalue weighted by Crippen LogP contribution is 2.31. The number of hydrogen-bond donors (Lipinski definition) is 3. The molecule has 1 aromatic heterocycles. The second-order valence-electron chi connectivity index (χ2n) is 4.53. The van der Waals surface area contributed by atoms with Gasteiger partial charge in [0.2, 0.25) is 0 Å². The van der Waals surface area contributed by atoms with Gasteiger partial charge in [0.15, 0.2) is 12.2 Å². The van der Waals surface area contributed by atoms with Gasteiger partial charge in [-0.15, -0.1) is 0 Å². The van der Waals surface area contributed by atoms with Crippen molar-refractivity contribution in [3.63, 3.8) is 0 Å². The second-order valence-corrected chi connectivity index (χ2v) is 4.79. The molecule has 0 saturated carbocycles. The van der Waals surface area contributed by atoms with E-state index in [-0.39, 0.29) is 24.0 Å². The highest BCUT2D eigenvalue weighted by atomic mass is 32.1. The molecule has 2 rings (SSSR count). The summed E-state index contributed by atoms with van der Waals surface area (Å²) in [6.45, 7) is 0.497. The van der Waals surface area contributed by atoms with Crippen LogP contribution in [-0.4, -0.2) is 47.5 Å². The molecule has 3 N–H and O–H groups in total. The zero-order valence-electron chi connectivity index (χ0n) is 11.7. The van der Waals surface area contributed by atoms with Crippen LogP contribution in [0.25, 0.3) is 0 Å². The Balaban J connectivity index is 2.13. The van der Waals surface area contributed by atoms with Gasteiger partial charge in [0.25, 0.3) is 0 Å². The number of carbonyl (C=O) groups excluding carboxylic acids is 1. The number of ether oxygens (including phenoxy) is 2. The Morgan fingerprint density at radius 3 is 3.24 bits per heavy atom. The molecular weight excluding hydrogens is 294 g/mol. The van der Waals surface area contributed by atoms with E-state index in [9.17, 15) is 4.79 Å². The molecule has 9 heteroatoms. The molecule has 0 spiro atoms. The quantitative estimate of drug-likeness (QED) is 0.234. The molecule has 1 saturated heterocycles. The average Bonchev–Trinajstić information content (AvgIpc) is 3.11. The Bertz CT molecular complexity index is 519. The standard InChI is InChI=1S/C12H19N5O3S/c1-14-12(13)16-11-9(4-18)15-6-17(11)10-3-2-8(20-10)5-19-7-21/h4,6,8,10,21H,2-3,5,7H2,1H3,(H3,13,14,16). The summed E-state index contributed by atoms with van der Waals surface area (Å²) in [4.78, 5) is 18.9. The molecule has 0 aliphatic carbocycles. The molecule has 1 aromatic rings. The molecule has 2 unspecified atom stereocenters. The van der Waals surface area contributed by atoms with Crippen molar-refractivity contribution in [2.24, 2.45) is 10.7 Å². The first-order chi connectivity index (χ1) is 10.2. The molecule has 0 amide bonds. The van der Waals surface area contributed by atoms with E-state index in [0.29, 0.717) is 24.6 Å². The summed E-state index contributed by atoms with van der Waals surface area (Å²) in [5.41, 5.74) is 5.93. The molecule has 1 aliphatic rings. The number of anilines is 1. The van der Waals surface area contributed by atoms with Crippen molar-refractivity contribution in [2.45, 2.75) is 25.2 Å². The van der Waals surface area contributed by atoms with Crippen molar-refractivity contribution in [2.75, 3.05) is 24.9 Å². The predicted octanol–water partition coefficient (Wildman–Crippen LogP) is 0.633. The van der Waals surface area contributed by atoms with Crippen molar-refractivity contribution in [1.82, 2.24) is 9.55 Å². The molecule has 8 nitrogen and oxygen atoms in total. The van der Waals surface area contributed by atoms with Gasteiger partial charge in [-0.2, -0.15) is 12.6 Å². The zero-order valence-corrected chi connectivity index (χ0v) is 12.6. The molecule has 21 heavy (non-hydrogen) atoms. The molecule has 116 valence electrons. The molecule has 1 fully saturated rings. The van der Waals surface area contributed by atoms with Gasteiger partial charge in [0.05, 0.1) is 25.0 Å². The molecule has 2 heterocycles. The smallest absolute Gasteiger partial charge is 0.194 e. The van der Waals surface area contributed by atoms with Gasteiger partial charge in [-0.05, 0) is 12.8 Å². The number of guanidine groups is 1. The van der Waals surface area contributed by atoms with Crippen molar-refractivity contribution in [3.05, 3.63) is 12.0 Å². The number of thiol groups is 1. The summed E-state index contributed by atoms with van der Waals surface area (Å²) in [6, 6.07) is 0. The van der Waals surface area contributed by atoms with Crippen molar-refractivity contribution in [3.8, 4) is 0 Å². The summed E-state index contributed by atoms with van der Waals surface area (Å²) >= 11 is 4.00. The van der Waals surface area contributed by atoms with Gasteiger partial charge in [0, 0.05) is 7.05 Å². The lowest BCUT2D eigenvalue weighted by Gasteiger charge is -2.18. The van der Waals surface area contributed by atoms with E-state index in [4.69, 9.17) is 15.2 Å². The van der Waals surface area contributed by atoms with E-state index in [1.54, 1.807) is 17.9 Å². The molecule has 2 atom stereocenters. The van der Waals surface area contributed by atoms with Crippen molar-refractivity contribution < 1.29 is 14.3 Å². The summed E-state index contributed by atoms with van der Waals surface area (Å²) in [6.07, 6.45) is 3.68. The van der Waals surface area contributed by atoms with E-state index in [1.165, 1.54) is 0 Å². The summed E-state index contributed by atoms with van der Waals surface area (Å²) in [5, 5.41) is 2.87. The highest BCUT2D eigenvalue weighted by molar-refractivity contribution is 7.80. The number of carbonyl (C=O) groups is 1. The Labute approximate surface area is 128 Å². The van der Waals surface area contributed by atoms with Gasteiger partial charge in [-0.3, -0.25) is 14.4 Å². The van der Waals surface area contributed by atoms with Crippen LogP contribution >= 0.6 is 12.6 Å². The lowest BCUT2D eigenvalue weighted by molar-refractivity contribution is -0.0328. The van der Waals surface area contributed by atoms with E-state index < -0.39 is 0 Å². The third kappa shape index (κ3) is 3.74. The molecule has 1 aliphatic heterocycles. The third-order valence-corrected chi connectivity index (χ3v) is 3.39. The fraction of sp³-hybridized carbons (Fsp3) is 0.583. The van der Waals surface area contributed by atoms with Crippen molar-refractivity contribution in [1.29, 1.82) is 0 Å². The second kappa shape index (κ2) is 7.43. The maximum absolute atomic E-state index is 11.1. The number of aliphatic imine (C=N–C) groups is 1. The maximum Gasteiger partial charge on any atom is 0.194 e. The Kier molecular flexibility index (Phi) is 5.59. The predicted molar refractivity (Wildman–Crippen MR) is 81.7 cm³/mol. The van der Waals surface area contributed by atoms with Crippen LogP contribution in [0.1, 0.15) is 29.6 Å². The normalized spacial score (nSPS) is 22.5. The Hall–Kier alpha value is -1.58. The fourth-order valence-electron chi connectivity index (χ4n) is 2.18. The lowest BCUT2D eigenvalue weighted by Crippen LogP contribution is -2.25. The number of aldehydes is 1. The van der Waals surface area contributed by atoms with E-state index >= 15 is 0 Å². The van der Waals surface area contributed by atoms with Crippen LogP contribution in [0.4, 0.5) is 5.82 Å². The summed E-state index contributed by atoms with van der Waals surface area (Å²) in [5.74, 6) is 1.04. The number of rotatable bonds is 6. The molecule has 0 radical (unpaired) electrons. The van der Waals surface area contributed by atoms with Gasteiger partial charge in [-0.25, -0.2) is 4.98 Å². The first kappa shape index (κ1) is 15.8.